The van der Waals surface area contributed by atoms with Crippen LogP contribution in [-0.2, 0) is 7.05 Å². The minimum absolute atomic E-state index is 0.0273. The van der Waals surface area contributed by atoms with E-state index in [1.54, 1.807) is 37.5 Å². The number of rotatable bonds is 6. The second-order valence-corrected chi connectivity index (χ2v) is 5.18. The molecule has 1 unspecified atom stereocenters. The molecule has 2 aromatic rings. The van der Waals surface area contributed by atoms with Gasteiger partial charge in [-0.15, -0.1) is 0 Å². The number of aliphatic hydroxyl groups is 1. The number of nitrogens with zero attached hydrogens (tertiary/aromatic N) is 1. The molecule has 7 heteroatoms. The lowest BCUT2D eigenvalue weighted by atomic mass is 10.1. The van der Waals surface area contributed by atoms with Gasteiger partial charge in [-0.25, -0.2) is 0 Å². The topological polar surface area (TPSA) is 89.8 Å². The average molecular weight is 332 g/mol. The van der Waals surface area contributed by atoms with Crippen LogP contribution in [0, 0.1) is 0 Å². The Morgan fingerprint density at radius 3 is 2.62 bits per heavy atom. The molecule has 0 aliphatic carbocycles. The van der Waals surface area contributed by atoms with E-state index in [2.05, 4.69) is 5.32 Å². The smallest absolute Gasteiger partial charge is 0.263 e. The number of hydrogen-bond acceptors (Lipinski definition) is 5. The van der Waals surface area contributed by atoms with E-state index in [0.29, 0.717) is 17.1 Å². The van der Waals surface area contributed by atoms with Crippen molar-refractivity contribution < 1.29 is 19.4 Å². The first kappa shape index (κ1) is 17.6. The summed E-state index contributed by atoms with van der Waals surface area (Å²) < 4.78 is 11.6. The van der Waals surface area contributed by atoms with E-state index in [9.17, 15) is 14.7 Å². The number of hydrogen-bond donors (Lipinski definition) is 2. The summed E-state index contributed by atoms with van der Waals surface area (Å²) in [5.41, 5.74) is 0.198. The zero-order valence-electron chi connectivity index (χ0n) is 13.8. The average Bonchev–Trinajstić information content (AvgIpc) is 2.60. The molecule has 0 aliphatic rings. The van der Waals surface area contributed by atoms with Crippen molar-refractivity contribution in [3.63, 3.8) is 0 Å². The predicted molar refractivity (Wildman–Crippen MR) is 88.5 cm³/mol. The van der Waals surface area contributed by atoms with Crippen molar-refractivity contribution in [3.05, 3.63) is 58.0 Å². The van der Waals surface area contributed by atoms with Crippen molar-refractivity contribution in [1.29, 1.82) is 0 Å². The van der Waals surface area contributed by atoms with Gasteiger partial charge in [-0.2, -0.15) is 0 Å². The summed E-state index contributed by atoms with van der Waals surface area (Å²) in [5, 5.41) is 12.8. The van der Waals surface area contributed by atoms with Gasteiger partial charge in [0.2, 0.25) is 0 Å². The number of carbonyl (C=O) groups is 1. The molecule has 0 aliphatic heterocycles. The number of ether oxygens (including phenoxy) is 2. The third-order valence-electron chi connectivity index (χ3n) is 3.62. The van der Waals surface area contributed by atoms with E-state index >= 15 is 0 Å². The van der Waals surface area contributed by atoms with Crippen LogP contribution in [0.3, 0.4) is 0 Å². The second kappa shape index (κ2) is 7.65. The Morgan fingerprint density at radius 1 is 1.25 bits per heavy atom. The van der Waals surface area contributed by atoms with Crippen LogP contribution in [0.4, 0.5) is 0 Å². The molecule has 24 heavy (non-hydrogen) atoms. The number of carbonyl (C=O) groups excluding carboxylic acids is 1. The van der Waals surface area contributed by atoms with Crippen molar-refractivity contribution in [2.45, 2.75) is 6.10 Å². The number of aromatic nitrogens is 1. The highest BCUT2D eigenvalue weighted by atomic mass is 16.5. The van der Waals surface area contributed by atoms with Gasteiger partial charge < -0.3 is 24.5 Å². The number of nitrogens with one attached hydrogen (secondary N) is 1. The molecule has 1 heterocycles. The number of aryl methyl sites for hydroxylation is 1. The van der Waals surface area contributed by atoms with E-state index in [1.807, 2.05) is 0 Å². The third-order valence-corrected chi connectivity index (χ3v) is 3.62. The normalized spacial score (nSPS) is 11.7. The lowest BCUT2D eigenvalue weighted by Crippen LogP contribution is -2.34. The third kappa shape index (κ3) is 3.75. The Morgan fingerprint density at radius 2 is 1.96 bits per heavy atom. The van der Waals surface area contributed by atoms with Crippen molar-refractivity contribution >= 4 is 5.91 Å². The molecular formula is C17H20N2O5. The summed E-state index contributed by atoms with van der Waals surface area (Å²) in [4.78, 5) is 24.0. The molecule has 0 spiro atoms. The molecule has 0 bridgehead atoms. The van der Waals surface area contributed by atoms with Gasteiger partial charge >= 0.3 is 0 Å². The largest absolute Gasteiger partial charge is 0.493 e. The molecule has 0 fully saturated rings. The van der Waals surface area contributed by atoms with Gasteiger partial charge in [0.1, 0.15) is 5.56 Å². The molecule has 0 radical (unpaired) electrons. The molecule has 1 aromatic carbocycles. The maximum absolute atomic E-state index is 12.1. The summed E-state index contributed by atoms with van der Waals surface area (Å²) in [6.45, 7) is -0.0354. The Balaban J connectivity index is 2.07. The van der Waals surface area contributed by atoms with Crippen molar-refractivity contribution in [3.8, 4) is 11.5 Å². The Labute approximate surface area is 139 Å². The zero-order valence-corrected chi connectivity index (χ0v) is 13.8. The quantitative estimate of drug-likeness (QED) is 0.819. The number of benzene rings is 1. The molecule has 1 atom stereocenters. The number of pyridine rings is 1. The van der Waals surface area contributed by atoms with Gasteiger partial charge in [-0.05, 0) is 29.8 Å². The van der Waals surface area contributed by atoms with Gasteiger partial charge in [0.05, 0.1) is 20.3 Å². The van der Waals surface area contributed by atoms with Crippen LogP contribution < -0.4 is 20.3 Å². The molecule has 7 nitrogen and oxygen atoms in total. The molecule has 0 saturated heterocycles. The highest BCUT2D eigenvalue weighted by Gasteiger charge is 2.15. The molecule has 2 rings (SSSR count). The first-order valence-corrected chi connectivity index (χ1v) is 7.31. The Bertz CT molecular complexity index is 785. The standard InChI is InChI=1S/C17H20N2O5/c1-19-8-4-5-12(17(19)22)16(21)18-10-13(20)11-6-7-14(23-2)15(9-11)24-3/h4-9,13,20H,10H2,1-3H3,(H,18,21). The van der Waals surface area contributed by atoms with Crippen LogP contribution in [-0.4, -0.2) is 36.3 Å². The molecule has 1 amide bonds. The first-order chi connectivity index (χ1) is 11.5. The molecule has 1 aromatic heterocycles. The fraction of sp³-hybridized carbons (Fsp3) is 0.294. The number of methoxy groups -OCH3 is 2. The highest BCUT2D eigenvalue weighted by Crippen LogP contribution is 2.29. The van der Waals surface area contributed by atoms with Gasteiger partial charge in [-0.3, -0.25) is 9.59 Å². The van der Waals surface area contributed by atoms with E-state index in [4.69, 9.17) is 9.47 Å². The molecule has 128 valence electrons. The summed E-state index contributed by atoms with van der Waals surface area (Å²) in [6, 6.07) is 8.05. The molecule has 2 N–H and O–H groups in total. The van der Waals surface area contributed by atoms with Crippen molar-refractivity contribution in [2.24, 2.45) is 7.05 Å². The van der Waals surface area contributed by atoms with Crippen LogP contribution in [0.15, 0.2) is 41.3 Å². The van der Waals surface area contributed by atoms with Crippen molar-refractivity contribution in [2.75, 3.05) is 20.8 Å². The van der Waals surface area contributed by atoms with Gasteiger partial charge in [0.25, 0.3) is 11.5 Å². The van der Waals surface area contributed by atoms with E-state index in [0.717, 1.165) is 0 Å². The minimum Gasteiger partial charge on any atom is -0.493 e. The van der Waals surface area contributed by atoms with E-state index < -0.39 is 17.6 Å². The number of aliphatic hydroxyl groups excluding tert-OH is 1. The van der Waals surface area contributed by atoms with Crippen molar-refractivity contribution in [1.82, 2.24) is 9.88 Å². The van der Waals surface area contributed by atoms with Gasteiger partial charge in [0, 0.05) is 19.8 Å². The predicted octanol–water partition coefficient (Wildman–Crippen LogP) is 0.866. The Hall–Kier alpha value is -2.80. The van der Waals surface area contributed by atoms with E-state index in [-0.39, 0.29) is 12.1 Å². The SMILES string of the molecule is COc1ccc(C(O)CNC(=O)c2cccn(C)c2=O)cc1OC. The van der Waals surface area contributed by atoms with E-state index in [1.165, 1.54) is 24.9 Å². The van der Waals surface area contributed by atoms with Crippen LogP contribution in [0.5, 0.6) is 11.5 Å². The Kier molecular flexibility index (Phi) is 5.59. The van der Waals surface area contributed by atoms with Crippen LogP contribution in [0.25, 0.3) is 0 Å². The highest BCUT2D eigenvalue weighted by molar-refractivity contribution is 5.93. The fourth-order valence-corrected chi connectivity index (χ4v) is 2.23. The van der Waals surface area contributed by atoms with Gasteiger partial charge in [0.15, 0.2) is 11.5 Å². The summed E-state index contributed by atoms with van der Waals surface area (Å²) >= 11 is 0. The summed E-state index contributed by atoms with van der Waals surface area (Å²) in [7, 11) is 4.59. The summed E-state index contributed by atoms with van der Waals surface area (Å²) in [6.07, 6.45) is 0.624. The fourth-order valence-electron chi connectivity index (χ4n) is 2.23. The zero-order chi connectivity index (χ0) is 17.7. The molecule has 0 saturated carbocycles. The lowest BCUT2D eigenvalue weighted by Gasteiger charge is -2.15. The minimum atomic E-state index is -0.943. The van der Waals surface area contributed by atoms with Gasteiger partial charge in [-0.1, -0.05) is 6.07 Å². The maximum Gasteiger partial charge on any atom is 0.263 e. The monoisotopic (exact) mass is 332 g/mol. The van der Waals surface area contributed by atoms with Crippen LogP contribution in [0.2, 0.25) is 0 Å². The second-order valence-electron chi connectivity index (χ2n) is 5.18. The van der Waals surface area contributed by atoms with Crippen LogP contribution >= 0.6 is 0 Å². The maximum atomic E-state index is 12.1. The summed E-state index contributed by atoms with van der Waals surface area (Å²) in [5.74, 6) is 0.498. The first-order valence-electron chi connectivity index (χ1n) is 7.31. The van der Waals surface area contributed by atoms with Crippen LogP contribution in [0.1, 0.15) is 22.0 Å². The number of amides is 1. The lowest BCUT2D eigenvalue weighted by molar-refractivity contribution is 0.0914. The molecular weight excluding hydrogens is 312 g/mol.